The van der Waals surface area contributed by atoms with E-state index in [2.05, 4.69) is 15.0 Å². The standard InChI is InChI=1S/C8H6ClN3O2.CH4/c1-3-2-4(9)10-6-5(3)11-7(12-6)8(13)14;/h2H,1H3,(H,13,14)(H,10,11,12);1H4. The van der Waals surface area contributed by atoms with Gasteiger partial charge in [0.1, 0.15) is 5.15 Å². The van der Waals surface area contributed by atoms with E-state index >= 15 is 0 Å². The summed E-state index contributed by atoms with van der Waals surface area (Å²) < 4.78 is 0. The van der Waals surface area contributed by atoms with Crippen LogP contribution in [0.4, 0.5) is 0 Å². The summed E-state index contributed by atoms with van der Waals surface area (Å²) in [7, 11) is 0. The molecule has 0 atom stereocenters. The van der Waals surface area contributed by atoms with Crippen molar-refractivity contribution in [1.29, 1.82) is 0 Å². The van der Waals surface area contributed by atoms with Gasteiger partial charge in [-0.05, 0) is 18.6 Å². The van der Waals surface area contributed by atoms with Crippen LogP contribution in [0.2, 0.25) is 5.15 Å². The van der Waals surface area contributed by atoms with E-state index in [4.69, 9.17) is 16.7 Å². The van der Waals surface area contributed by atoms with Gasteiger partial charge < -0.3 is 10.1 Å². The van der Waals surface area contributed by atoms with Crippen molar-refractivity contribution in [3.8, 4) is 0 Å². The van der Waals surface area contributed by atoms with Crippen molar-refractivity contribution in [3.05, 3.63) is 22.6 Å². The smallest absolute Gasteiger partial charge is 0.371 e. The fourth-order valence-electron chi connectivity index (χ4n) is 1.21. The third-order valence-corrected chi connectivity index (χ3v) is 2.02. The molecule has 0 aliphatic rings. The first kappa shape index (κ1) is 11.5. The minimum Gasteiger partial charge on any atom is -0.475 e. The lowest BCUT2D eigenvalue weighted by molar-refractivity contribution is 0.0685. The number of hydrogen-bond acceptors (Lipinski definition) is 3. The number of aromatic amines is 1. The molecule has 0 radical (unpaired) electrons. The molecule has 2 N–H and O–H groups in total. The number of aryl methyl sites for hydroxylation is 1. The number of aromatic nitrogens is 3. The summed E-state index contributed by atoms with van der Waals surface area (Å²) in [5, 5.41) is 9.00. The van der Waals surface area contributed by atoms with Crippen LogP contribution in [0.3, 0.4) is 0 Å². The molecule has 2 aromatic heterocycles. The van der Waals surface area contributed by atoms with Gasteiger partial charge in [-0.25, -0.2) is 14.8 Å². The van der Waals surface area contributed by atoms with Crippen molar-refractivity contribution >= 4 is 28.7 Å². The van der Waals surface area contributed by atoms with Crippen LogP contribution in [0, 0.1) is 6.92 Å². The van der Waals surface area contributed by atoms with Gasteiger partial charge in [0.25, 0.3) is 0 Å². The summed E-state index contributed by atoms with van der Waals surface area (Å²) >= 11 is 5.70. The van der Waals surface area contributed by atoms with Crippen LogP contribution < -0.4 is 0 Å². The van der Waals surface area contributed by atoms with E-state index in [1.165, 1.54) is 0 Å². The second-order valence-electron chi connectivity index (χ2n) is 2.85. The van der Waals surface area contributed by atoms with Crippen molar-refractivity contribution in [1.82, 2.24) is 15.0 Å². The highest BCUT2D eigenvalue weighted by atomic mass is 35.5. The van der Waals surface area contributed by atoms with E-state index in [0.29, 0.717) is 16.3 Å². The number of carboxylic acids is 1. The molecule has 0 aromatic carbocycles. The number of halogens is 1. The monoisotopic (exact) mass is 227 g/mol. The number of H-pyrrole nitrogens is 1. The Morgan fingerprint density at radius 2 is 2.20 bits per heavy atom. The molecule has 0 amide bonds. The van der Waals surface area contributed by atoms with Crippen molar-refractivity contribution in [2.24, 2.45) is 0 Å². The van der Waals surface area contributed by atoms with Gasteiger partial charge in [-0.15, -0.1) is 0 Å². The fraction of sp³-hybridized carbons (Fsp3) is 0.222. The third kappa shape index (κ3) is 1.92. The zero-order valence-electron chi connectivity index (χ0n) is 7.21. The van der Waals surface area contributed by atoms with Crippen molar-refractivity contribution < 1.29 is 9.90 Å². The molecule has 0 aliphatic carbocycles. The maximum Gasteiger partial charge on any atom is 0.371 e. The highest BCUT2D eigenvalue weighted by molar-refractivity contribution is 6.29. The van der Waals surface area contributed by atoms with Gasteiger partial charge in [0.2, 0.25) is 5.82 Å². The molecule has 2 rings (SSSR count). The molecule has 15 heavy (non-hydrogen) atoms. The van der Waals surface area contributed by atoms with Gasteiger partial charge in [0.05, 0.1) is 5.52 Å². The molecule has 6 heteroatoms. The van der Waals surface area contributed by atoms with Crippen LogP contribution in [-0.4, -0.2) is 26.0 Å². The second-order valence-corrected chi connectivity index (χ2v) is 3.24. The number of hydrogen-bond donors (Lipinski definition) is 2. The summed E-state index contributed by atoms with van der Waals surface area (Å²) in [5.74, 6) is -1.24. The minimum atomic E-state index is -1.11. The predicted molar refractivity (Wildman–Crippen MR) is 57.3 cm³/mol. The fourth-order valence-corrected chi connectivity index (χ4v) is 1.45. The molecule has 0 unspecified atom stereocenters. The lowest BCUT2D eigenvalue weighted by atomic mass is 10.3. The van der Waals surface area contributed by atoms with E-state index < -0.39 is 5.97 Å². The average Bonchev–Trinajstić information content (AvgIpc) is 2.47. The number of carbonyl (C=O) groups is 1. The topological polar surface area (TPSA) is 78.9 Å². The average molecular weight is 228 g/mol. The highest BCUT2D eigenvalue weighted by Crippen LogP contribution is 2.17. The van der Waals surface area contributed by atoms with Gasteiger partial charge in [-0.2, -0.15) is 0 Å². The molecule has 5 nitrogen and oxygen atoms in total. The van der Waals surface area contributed by atoms with Crippen molar-refractivity contribution in [2.45, 2.75) is 14.4 Å². The number of aromatic carboxylic acids is 1. The summed E-state index contributed by atoms with van der Waals surface area (Å²) in [6.07, 6.45) is 0. The zero-order valence-corrected chi connectivity index (χ0v) is 7.96. The molecule has 2 heterocycles. The Labute approximate surface area is 91.1 Å². The molecule has 0 spiro atoms. The van der Waals surface area contributed by atoms with E-state index in [-0.39, 0.29) is 13.3 Å². The summed E-state index contributed by atoms with van der Waals surface area (Å²) in [6.45, 7) is 1.81. The van der Waals surface area contributed by atoms with Crippen LogP contribution in [0.25, 0.3) is 11.2 Å². The first-order valence-corrected chi connectivity index (χ1v) is 4.22. The van der Waals surface area contributed by atoms with Crippen molar-refractivity contribution in [2.75, 3.05) is 0 Å². The second kappa shape index (κ2) is 3.86. The molecule has 0 fully saturated rings. The zero-order chi connectivity index (χ0) is 10.3. The molecular weight excluding hydrogens is 218 g/mol. The first-order valence-electron chi connectivity index (χ1n) is 3.84. The van der Waals surface area contributed by atoms with Gasteiger partial charge in [-0.1, -0.05) is 19.0 Å². The van der Waals surface area contributed by atoms with Gasteiger partial charge in [-0.3, -0.25) is 0 Å². The number of imidazole rings is 1. The minimum absolute atomic E-state index is 0. The quantitative estimate of drug-likeness (QED) is 0.733. The number of nitrogens with zero attached hydrogens (tertiary/aromatic N) is 2. The lowest BCUT2D eigenvalue weighted by Crippen LogP contribution is -1.97. The molecular formula is C9H10ClN3O2. The summed E-state index contributed by atoms with van der Waals surface area (Å²) in [6, 6.07) is 1.65. The van der Waals surface area contributed by atoms with Gasteiger partial charge in [0.15, 0.2) is 5.65 Å². The van der Waals surface area contributed by atoms with Crippen LogP contribution in [0.1, 0.15) is 23.6 Å². The van der Waals surface area contributed by atoms with E-state index in [0.717, 1.165) is 5.56 Å². The van der Waals surface area contributed by atoms with Crippen molar-refractivity contribution in [3.63, 3.8) is 0 Å². The van der Waals surface area contributed by atoms with E-state index in [1.807, 2.05) is 0 Å². The molecule has 0 saturated carbocycles. The lowest BCUT2D eigenvalue weighted by Gasteiger charge is -1.93. The predicted octanol–water partition coefficient (Wildman–Crippen LogP) is 2.25. The highest BCUT2D eigenvalue weighted by Gasteiger charge is 2.12. The number of nitrogens with one attached hydrogen (secondary N) is 1. The molecule has 80 valence electrons. The van der Waals surface area contributed by atoms with Crippen LogP contribution in [-0.2, 0) is 0 Å². The SMILES string of the molecule is C.Cc1cc(Cl)nc2nc(C(=O)O)[nH]c12. The normalized spacial score (nSPS) is 10.0. The Balaban J connectivity index is 0.00000112. The largest absolute Gasteiger partial charge is 0.475 e. The Morgan fingerprint density at radius 1 is 1.53 bits per heavy atom. The van der Waals surface area contributed by atoms with Gasteiger partial charge in [0, 0.05) is 0 Å². The molecule has 0 saturated heterocycles. The molecule has 0 bridgehead atoms. The van der Waals surface area contributed by atoms with Crippen LogP contribution >= 0.6 is 11.6 Å². The third-order valence-electron chi connectivity index (χ3n) is 1.83. The van der Waals surface area contributed by atoms with E-state index in [1.54, 1.807) is 13.0 Å². The Bertz CT molecular complexity index is 521. The number of rotatable bonds is 1. The number of fused-ring (bicyclic) bond motifs is 1. The Morgan fingerprint density at radius 3 is 2.80 bits per heavy atom. The van der Waals surface area contributed by atoms with E-state index in [9.17, 15) is 4.79 Å². The first-order chi connectivity index (χ1) is 6.58. The number of pyridine rings is 1. The van der Waals surface area contributed by atoms with Gasteiger partial charge >= 0.3 is 5.97 Å². The number of carboxylic acid groups (broad SMARTS) is 1. The van der Waals surface area contributed by atoms with Crippen LogP contribution in [0.15, 0.2) is 6.07 Å². The Hall–Kier alpha value is -1.62. The maximum atomic E-state index is 10.6. The molecule has 0 aliphatic heterocycles. The summed E-state index contributed by atoms with van der Waals surface area (Å²) in [4.78, 5) is 21.0. The Kier molecular flexibility index (Phi) is 2.95. The summed E-state index contributed by atoms with van der Waals surface area (Å²) in [5.41, 5.74) is 1.75. The molecule has 2 aromatic rings. The maximum absolute atomic E-state index is 10.6. The van der Waals surface area contributed by atoms with Crippen LogP contribution in [0.5, 0.6) is 0 Å².